The molecule has 0 saturated heterocycles. The average molecular weight is 483 g/mol. The van der Waals surface area contributed by atoms with E-state index in [0.29, 0.717) is 33.2 Å². The maximum absolute atomic E-state index is 13.5. The zero-order chi connectivity index (χ0) is 23.5. The molecule has 33 heavy (non-hydrogen) atoms. The molecule has 2 aromatic heterocycles. The van der Waals surface area contributed by atoms with Gasteiger partial charge in [-0.15, -0.1) is 0 Å². The van der Waals surface area contributed by atoms with Gasteiger partial charge in [0, 0.05) is 24.8 Å². The van der Waals surface area contributed by atoms with Gasteiger partial charge < -0.3 is 14.5 Å². The largest absolute Gasteiger partial charge is 0.328 e. The number of carbonyl (C=O) groups is 1. The number of halogens is 2. The molecule has 2 aromatic carbocycles. The second kappa shape index (κ2) is 9.60. The highest BCUT2D eigenvalue weighted by molar-refractivity contribution is 6.42. The number of rotatable bonds is 6. The van der Waals surface area contributed by atoms with Gasteiger partial charge in [0.2, 0.25) is 0 Å². The van der Waals surface area contributed by atoms with E-state index in [1.54, 1.807) is 48.4 Å². The third kappa shape index (κ3) is 4.84. The number of aromatic amines is 1. The lowest BCUT2D eigenvalue weighted by atomic mass is 10.1. The minimum Gasteiger partial charge on any atom is -0.328 e. The number of amides is 1. The Morgan fingerprint density at radius 1 is 1.03 bits per heavy atom. The fourth-order valence-electron chi connectivity index (χ4n) is 3.65. The van der Waals surface area contributed by atoms with Crippen LogP contribution in [0.25, 0.3) is 11.0 Å². The number of nitrogens with one attached hydrogen (secondary N) is 1. The third-order valence-corrected chi connectivity index (χ3v) is 6.00. The van der Waals surface area contributed by atoms with E-state index in [-0.39, 0.29) is 19.0 Å². The molecule has 0 atom stereocenters. The summed E-state index contributed by atoms with van der Waals surface area (Å²) in [6, 6.07) is 15.6. The van der Waals surface area contributed by atoms with Gasteiger partial charge in [-0.25, -0.2) is 0 Å². The smallest absolute Gasteiger partial charge is 0.316 e. The number of benzene rings is 2. The highest BCUT2D eigenvalue weighted by Gasteiger charge is 2.19. The van der Waals surface area contributed by atoms with E-state index in [2.05, 4.69) is 9.97 Å². The lowest BCUT2D eigenvalue weighted by Gasteiger charge is -2.23. The van der Waals surface area contributed by atoms with Gasteiger partial charge >= 0.3 is 11.1 Å². The molecule has 2 heterocycles. The van der Waals surface area contributed by atoms with Crippen molar-refractivity contribution in [1.82, 2.24) is 19.4 Å². The van der Waals surface area contributed by atoms with Gasteiger partial charge in [0.1, 0.15) is 0 Å². The predicted molar refractivity (Wildman–Crippen MR) is 129 cm³/mol. The van der Waals surface area contributed by atoms with Crippen LogP contribution in [0.5, 0.6) is 0 Å². The van der Waals surface area contributed by atoms with Crippen molar-refractivity contribution >= 4 is 40.1 Å². The zero-order valence-corrected chi connectivity index (χ0v) is 19.2. The number of H-pyrrole nitrogens is 1. The first kappa shape index (κ1) is 22.8. The first-order chi connectivity index (χ1) is 15.9. The summed E-state index contributed by atoms with van der Waals surface area (Å²) in [6.07, 6.45) is 1.67. The molecule has 168 valence electrons. The van der Waals surface area contributed by atoms with Gasteiger partial charge in [0.25, 0.3) is 5.91 Å². The first-order valence-electron chi connectivity index (χ1n) is 10.3. The second-order valence-electron chi connectivity index (χ2n) is 7.47. The van der Waals surface area contributed by atoms with Crippen LogP contribution >= 0.6 is 23.2 Å². The van der Waals surface area contributed by atoms with E-state index in [0.717, 1.165) is 11.3 Å². The summed E-state index contributed by atoms with van der Waals surface area (Å²) in [7, 11) is 0. The standard InChI is InChI=1S/C24H20Cl2N4O3/c1-2-30-21-9-7-16(12-20(21)28-22(31)24(30)33)23(32)29(14-17-5-3-4-10-27-17)13-15-6-8-18(25)19(26)11-15/h3-12H,2,13-14H2,1H3,(H,28,31). The number of pyridine rings is 1. The summed E-state index contributed by atoms with van der Waals surface area (Å²) in [5.74, 6) is -0.260. The summed E-state index contributed by atoms with van der Waals surface area (Å²) in [5, 5.41) is 0.837. The Labute approximate surface area is 199 Å². The molecule has 0 saturated carbocycles. The van der Waals surface area contributed by atoms with Crippen LogP contribution in [0.4, 0.5) is 0 Å². The van der Waals surface area contributed by atoms with Gasteiger partial charge in [0.05, 0.1) is 33.3 Å². The van der Waals surface area contributed by atoms with Crippen molar-refractivity contribution in [2.45, 2.75) is 26.6 Å². The first-order valence-corrected chi connectivity index (χ1v) is 11.0. The molecule has 0 radical (unpaired) electrons. The number of hydrogen-bond donors (Lipinski definition) is 1. The fourth-order valence-corrected chi connectivity index (χ4v) is 3.97. The van der Waals surface area contributed by atoms with Crippen molar-refractivity contribution in [3.63, 3.8) is 0 Å². The van der Waals surface area contributed by atoms with Crippen LogP contribution in [0, 0.1) is 0 Å². The Bertz CT molecular complexity index is 1450. The summed E-state index contributed by atoms with van der Waals surface area (Å²) in [4.78, 5) is 46.3. The fraction of sp³-hybridized carbons (Fsp3) is 0.167. The highest BCUT2D eigenvalue weighted by Crippen LogP contribution is 2.24. The maximum atomic E-state index is 13.5. The molecule has 9 heteroatoms. The van der Waals surface area contributed by atoms with Gasteiger partial charge in [-0.05, 0) is 55.0 Å². The molecule has 0 unspecified atom stereocenters. The van der Waals surface area contributed by atoms with Crippen LogP contribution in [0.3, 0.4) is 0 Å². The Morgan fingerprint density at radius 3 is 2.55 bits per heavy atom. The summed E-state index contributed by atoms with van der Waals surface area (Å²) in [6.45, 7) is 2.67. The number of aryl methyl sites for hydroxylation is 1. The molecule has 0 fully saturated rings. The summed E-state index contributed by atoms with van der Waals surface area (Å²) < 4.78 is 1.38. The van der Waals surface area contributed by atoms with Crippen LogP contribution in [0.1, 0.15) is 28.5 Å². The van der Waals surface area contributed by atoms with Crippen LogP contribution in [0.2, 0.25) is 10.0 Å². The molecule has 1 amide bonds. The molecule has 1 N–H and O–H groups in total. The molecule has 0 aliphatic carbocycles. The molecule has 4 rings (SSSR count). The molecule has 0 bridgehead atoms. The van der Waals surface area contributed by atoms with E-state index >= 15 is 0 Å². The molecule has 0 spiro atoms. The van der Waals surface area contributed by atoms with E-state index in [1.807, 2.05) is 24.3 Å². The monoisotopic (exact) mass is 482 g/mol. The van der Waals surface area contributed by atoms with Gasteiger partial charge in [-0.2, -0.15) is 0 Å². The molecule has 0 aliphatic heterocycles. The van der Waals surface area contributed by atoms with E-state index in [4.69, 9.17) is 23.2 Å². The van der Waals surface area contributed by atoms with Crippen LogP contribution in [-0.4, -0.2) is 25.3 Å². The number of carbonyl (C=O) groups excluding carboxylic acids is 1. The average Bonchev–Trinajstić information content (AvgIpc) is 2.82. The van der Waals surface area contributed by atoms with Crippen molar-refractivity contribution in [2.24, 2.45) is 0 Å². The Morgan fingerprint density at radius 2 is 1.85 bits per heavy atom. The van der Waals surface area contributed by atoms with E-state index < -0.39 is 11.1 Å². The molecule has 0 aliphatic rings. The molecular weight excluding hydrogens is 463 g/mol. The number of fused-ring (bicyclic) bond motifs is 1. The zero-order valence-electron chi connectivity index (χ0n) is 17.7. The molecule has 7 nitrogen and oxygen atoms in total. The topological polar surface area (TPSA) is 88.1 Å². The van der Waals surface area contributed by atoms with E-state index in [9.17, 15) is 14.4 Å². The van der Waals surface area contributed by atoms with E-state index in [1.165, 1.54) is 4.57 Å². The second-order valence-corrected chi connectivity index (χ2v) is 8.28. The highest BCUT2D eigenvalue weighted by atomic mass is 35.5. The maximum Gasteiger partial charge on any atom is 0.316 e. The summed E-state index contributed by atoms with van der Waals surface area (Å²) in [5.41, 5.74) is 1.52. The van der Waals surface area contributed by atoms with Crippen molar-refractivity contribution < 1.29 is 4.79 Å². The third-order valence-electron chi connectivity index (χ3n) is 5.26. The number of aromatic nitrogens is 3. The van der Waals surface area contributed by atoms with Crippen LogP contribution < -0.4 is 11.1 Å². The molecule has 4 aromatic rings. The Hall–Kier alpha value is -3.42. The minimum atomic E-state index is -0.727. The quantitative estimate of drug-likeness (QED) is 0.416. The van der Waals surface area contributed by atoms with Crippen LogP contribution in [-0.2, 0) is 19.6 Å². The Balaban J connectivity index is 1.74. The normalized spacial score (nSPS) is 11.0. The molecular formula is C24H20Cl2N4O3. The SMILES string of the molecule is CCn1c(=O)c(=O)[nH]c2cc(C(=O)N(Cc3ccc(Cl)c(Cl)c3)Cc3ccccn3)ccc21. The summed E-state index contributed by atoms with van der Waals surface area (Å²) >= 11 is 12.2. The van der Waals surface area contributed by atoms with Gasteiger partial charge in [-0.3, -0.25) is 19.4 Å². The predicted octanol–water partition coefficient (Wildman–Crippen LogP) is 4.25. The van der Waals surface area contributed by atoms with Crippen molar-refractivity contribution in [1.29, 1.82) is 0 Å². The number of nitrogens with zero attached hydrogens (tertiary/aromatic N) is 3. The lowest BCUT2D eigenvalue weighted by Crippen LogP contribution is -2.36. The van der Waals surface area contributed by atoms with Crippen molar-refractivity contribution in [2.75, 3.05) is 0 Å². The van der Waals surface area contributed by atoms with Crippen molar-refractivity contribution in [3.05, 3.63) is 108 Å². The Kier molecular flexibility index (Phi) is 6.62. The van der Waals surface area contributed by atoms with Gasteiger partial charge in [-0.1, -0.05) is 35.3 Å². The minimum absolute atomic E-state index is 0.260. The van der Waals surface area contributed by atoms with Crippen molar-refractivity contribution in [3.8, 4) is 0 Å². The van der Waals surface area contributed by atoms with Gasteiger partial charge in [0.15, 0.2) is 0 Å². The lowest BCUT2D eigenvalue weighted by molar-refractivity contribution is 0.0728. The van der Waals surface area contributed by atoms with Crippen LogP contribution in [0.15, 0.2) is 70.4 Å². The number of hydrogen-bond acceptors (Lipinski definition) is 4.